The van der Waals surface area contributed by atoms with Crippen LogP contribution in [-0.2, 0) is 9.53 Å². The number of hydrogen-bond donors (Lipinski definition) is 1. The molecule has 2 bridgehead atoms. The first-order valence-corrected chi connectivity index (χ1v) is 10.2. The second-order valence-electron chi connectivity index (χ2n) is 9.25. The van der Waals surface area contributed by atoms with Crippen molar-refractivity contribution >= 4 is 21.7 Å². The van der Waals surface area contributed by atoms with Gasteiger partial charge in [0, 0.05) is 17.3 Å². The van der Waals surface area contributed by atoms with E-state index in [2.05, 4.69) is 22.9 Å². The quantitative estimate of drug-likeness (QED) is 0.652. The van der Waals surface area contributed by atoms with Gasteiger partial charge in [-0.1, -0.05) is 22.9 Å². The second-order valence-corrected chi connectivity index (χ2v) is 10.7. The van der Waals surface area contributed by atoms with Crippen LogP contribution in [0.4, 0.5) is 0 Å². The highest BCUT2D eigenvalue weighted by atomic mass is 79.9. The molecule has 1 N–H and O–H groups in total. The number of aliphatic hydroxyl groups is 1. The molecule has 3 nitrogen and oxygen atoms in total. The molecule has 0 amide bonds. The third-order valence-electron chi connectivity index (χ3n) is 8.68. The van der Waals surface area contributed by atoms with Crippen molar-refractivity contribution in [1.82, 2.24) is 0 Å². The topological polar surface area (TPSA) is 46.5 Å². The predicted molar refractivity (Wildman–Crippen MR) is 90.4 cm³/mol. The number of hydrogen-bond acceptors (Lipinski definition) is 3. The Hall–Kier alpha value is 0.0700. The summed E-state index contributed by atoms with van der Waals surface area (Å²) in [5.41, 5.74) is 0.129. The number of Topliss-reactive ketones (excluding diaryl/α,β-unsaturated/α-hetero) is 1. The van der Waals surface area contributed by atoms with Gasteiger partial charge in [0.25, 0.3) is 0 Å². The maximum Gasteiger partial charge on any atom is 0.139 e. The van der Waals surface area contributed by atoms with E-state index in [1.807, 2.05) is 0 Å². The standard InChI is InChI=1S/C19H27BrO3/c1-17-6-5-14-12(13(17)2-3-15(17)22)8-16-19(20)9-11(21)4-7-18(14,19)10-23-16/h11-14,16,21H,2-10H2,1H3/t11-,12+,13-,14-,16+,17-,18-,19-/m0/s1. The molecule has 23 heavy (non-hydrogen) atoms. The van der Waals surface area contributed by atoms with Crippen LogP contribution in [0.25, 0.3) is 0 Å². The van der Waals surface area contributed by atoms with Gasteiger partial charge in [-0.05, 0) is 62.7 Å². The zero-order chi connectivity index (χ0) is 16.0. The molecular weight excluding hydrogens is 356 g/mol. The van der Waals surface area contributed by atoms with Crippen molar-refractivity contribution in [2.45, 2.75) is 74.8 Å². The minimum Gasteiger partial charge on any atom is -0.393 e. The van der Waals surface area contributed by atoms with Crippen LogP contribution in [0.5, 0.6) is 0 Å². The number of ketones is 1. The lowest BCUT2D eigenvalue weighted by Crippen LogP contribution is -2.63. The highest BCUT2D eigenvalue weighted by molar-refractivity contribution is 9.10. The maximum atomic E-state index is 12.5. The van der Waals surface area contributed by atoms with Gasteiger partial charge in [-0.3, -0.25) is 4.79 Å². The lowest BCUT2D eigenvalue weighted by atomic mass is 9.45. The molecular formula is C19H27BrO3. The van der Waals surface area contributed by atoms with E-state index in [0.29, 0.717) is 23.5 Å². The minimum atomic E-state index is -0.190. The van der Waals surface area contributed by atoms with Crippen molar-refractivity contribution < 1.29 is 14.6 Å². The Balaban J connectivity index is 1.56. The van der Waals surface area contributed by atoms with Crippen molar-refractivity contribution in [3.05, 3.63) is 0 Å². The molecule has 8 atom stereocenters. The lowest BCUT2D eigenvalue weighted by molar-refractivity contribution is -0.136. The minimum absolute atomic E-state index is 0.0326. The molecule has 0 unspecified atom stereocenters. The summed E-state index contributed by atoms with van der Waals surface area (Å²) in [4.78, 5) is 12.5. The van der Waals surface area contributed by atoms with Crippen molar-refractivity contribution in [3.8, 4) is 0 Å². The van der Waals surface area contributed by atoms with Crippen LogP contribution in [0.1, 0.15) is 58.3 Å². The largest absolute Gasteiger partial charge is 0.393 e. The van der Waals surface area contributed by atoms with Gasteiger partial charge in [-0.25, -0.2) is 0 Å². The highest BCUT2D eigenvalue weighted by Gasteiger charge is 2.72. The van der Waals surface area contributed by atoms with Crippen LogP contribution in [0.3, 0.4) is 0 Å². The maximum absolute atomic E-state index is 12.5. The first-order valence-electron chi connectivity index (χ1n) is 9.43. The average molecular weight is 383 g/mol. The summed E-state index contributed by atoms with van der Waals surface area (Å²) in [7, 11) is 0. The number of ether oxygens (including phenoxy) is 1. The zero-order valence-electron chi connectivity index (χ0n) is 13.9. The summed E-state index contributed by atoms with van der Waals surface area (Å²) >= 11 is 4.11. The second kappa shape index (κ2) is 4.62. The van der Waals surface area contributed by atoms with E-state index in [9.17, 15) is 9.90 Å². The summed E-state index contributed by atoms with van der Waals surface area (Å²) in [6.45, 7) is 3.10. The molecule has 0 aromatic rings. The van der Waals surface area contributed by atoms with Gasteiger partial charge in [-0.15, -0.1) is 0 Å². The number of aliphatic hydroxyl groups excluding tert-OH is 1. The third-order valence-corrected chi connectivity index (χ3v) is 10.3. The van der Waals surface area contributed by atoms with Crippen LogP contribution in [-0.4, -0.2) is 34.0 Å². The molecule has 1 saturated heterocycles. The first kappa shape index (κ1) is 15.3. The molecule has 0 radical (unpaired) electrons. The van der Waals surface area contributed by atoms with E-state index < -0.39 is 0 Å². The number of carbonyl (C=O) groups excluding carboxylic acids is 1. The Labute approximate surface area is 146 Å². The van der Waals surface area contributed by atoms with E-state index >= 15 is 0 Å². The first-order chi connectivity index (χ1) is 10.9. The lowest BCUT2D eigenvalue weighted by Gasteiger charge is -2.61. The van der Waals surface area contributed by atoms with Crippen LogP contribution < -0.4 is 0 Å². The Kier molecular flexibility index (Phi) is 3.08. The Morgan fingerprint density at radius 1 is 1.22 bits per heavy atom. The van der Waals surface area contributed by atoms with E-state index in [-0.39, 0.29) is 27.4 Å². The van der Waals surface area contributed by atoms with Crippen LogP contribution in [0.2, 0.25) is 0 Å². The Morgan fingerprint density at radius 3 is 2.87 bits per heavy atom. The number of alkyl halides is 1. The molecule has 4 aliphatic carbocycles. The summed E-state index contributed by atoms with van der Waals surface area (Å²) < 4.78 is 6.29. The molecule has 0 aromatic heterocycles. The van der Waals surface area contributed by atoms with Gasteiger partial charge in [0.15, 0.2) is 0 Å². The smallest absolute Gasteiger partial charge is 0.139 e. The van der Waals surface area contributed by atoms with Gasteiger partial charge in [-0.2, -0.15) is 0 Å². The SMILES string of the molecule is C[C@]12CC[C@H]3[C@H](C[C@H]4OC[C@@]35CC[C@H](O)C[C@]45Br)[C@@H]1CCC2=O. The molecule has 4 heteroatoms. The van der Waals surface area contributed by atoms with Crippen molar-refractivity contribution in [1.29, 1.82) is 0 Å². The van der Waals surface area contributed by atoms with Crippen molar-refractivity contribution in [3.63, 3.8) is 0 Å². The van der Waals surface area contributed by atoms with E-state index in [4.69, 9.17) is 4.74 Å². The van der Waals surface area contributed by atoms with E-state index in [0.717, 1.165) is 51.6 Å². The van der Waals surface area contributed by atoms with Crippen LogP contribution in [0, 0.1) is 28.6 Å². The molecule has 0 aromatic carbocycles. The number of rotatable bonds is 0. The fourth-order valence-corrected chi connectivity index (χ4v) is 8.78. The fourth-order valence-electron chi connectivity index (χ4n) is 7.48. The molecule has 1 heterocycles. The number of halogens is 1. The molecule has 5 fully saturated rings. The van der Waals surface area contributed by atoms with Crippen LogP contribution >= 0.6 is 15.9 Å². The normalized spacial score (nSPS) is 61.0. The van der Waals surface area contributed by atoms with Gasteiger partial charge in [0.2, 0.25) is 0 Å². The summed E-state index contributed by atoms with van der Waals surface area (Å²) in [6.07, 6.45) is 8.06. The summed E-state index contributed by atoms with van der Waals surface area (Å²) in [5.74, 6) is 2.39. The van der Waals surface area contributed by atoms with Gasteiger partial charge in [0.1, 0.15) is 5.78 Å². The molecule has 1 aliphatic heterocycles. The summed E-state index contributed by atoms with van der Waals surface area (Å²) in [5, 5.41) is 10.3. The molecule has 5 aliphatic rings. The van der Waals surface area contributed by atoms with Crippen molar-refractivity contribution in [2.75, 3.05) is 6.61 Å². The van der Waals surface area contributed by atoms with E-state index in [1.54, 1.807) is 0 Å². The fraction of sp³-hybridized carbons (Fsp3) is 0.947. The Bertz CT molecular complexity index is 565. The predicted octanol–water partition coefficient (Wildman–Crippen LogP) is 3.47. The average Bonchev–Trinajstić information content (AvgIpc) is 2.88. The number of fused-ring (bicyclic) bond motifs is 3. The van der Waals surface area contributed by atoms with E-state index in [1.165, 1.54) is 6.42 Å². The summed E-state index contributed by atoms with van der Waals surface area (Å²) in [6, 6.07) is 0. The molecule has 128 valence electrons. The Morgan fingerprint density at radius 2 is 2.04 bits per heavy atom. The van der Waals surface area contributed by atoms with Gasteiger partial charge >= 0.3 is 0 Å². The van der Waals surface area contributed by atoms with Crippen LogP contribution in [0.15, 0.2) is 0 Å². The molecule has 5 rings (SSSR count). The zero-order valence-corrected chi connectivity index (χ0v) is 15.5. The molecule has 0 spiro atoms. The highest BCUT2D eigenvalue weighted by Crippen LogP contribution is 2.71. The van der Waals surface area contributed by atoms with Gasteiger partial charge < -0.3 is 9.84 Å². The van der Waals surface area contributed by atoms with Gasteiger partial charge in [0.05, 0.1) is 23.1 Å². The van der Waals surface area contributed by atoms with Crippen molar-refractivity contribution in [2.24, 2.45) is 28.6 Å². The number of carbonyl (C=O) groups is 1. The third kappa shape index (κ3) is 1.67. The monoisotopic (exact) mass is 382 g/mol. The molecule has 4 saturated carbocycles.